The number of piperidine rings is 1. The molecule has 1 amide bonds. The van der Waals surface area contributed by atoms with Crippen molar-refractivity contribution in [1.82, 2.24) is 10.1 Å². The van der Waals surface area contributed by atoms with E-state index in [0.29, 0.717) is 43.1 Å². The molecule has 0 saturated carbocycles. The van der Waals surface area contributed by atoms with Gasteiger partial charge >= 0.3 is 0 Å². The van der Waals surface area contributed by atoms with E-state index in [0.717, 1.165) is 19.3 Å². The van der Waals surface area contributed by atoms with Gasteiger partial charge in [-0.2, -0.15) is 0 Å². The fourth-order valence-electron chi connectivity index (χ4n) is 3.20. The van der Waals surface area contributed by atoms with Gasteiger partial charge in [0.25, 0.3) is 5.91 Å². The fourth-order valence-corrected chi connectivity index (χ4v) is 3.20. The molecule has 1 aliphatic heterocycles. The van der Waals surface area contributed by atoms with Crippen LogP contribution in [0.4, 0.5) is 0 Å². The molecule has 6 nitrogen and oxygen atoms in total. The molecule has 0 spiro atoms. The molecule has 1 aliphatic rings. The maximum absolute atomic E-state index is 12.9. The predicted octanol–water partition coefficient (Wildman–Crippen LogP) is 1.80. The number of methoxy groups -OCH3 is 1. The summed E-state index contributed by atoms with van der Waals surface area (Å²) in [4.78, 5) is 14.7. The number of carbonyl (C=O) groups is 1. The van der Waals surface area contributed by atoms with Crippen LogP contribution in [0.25, 0.3) is 0 Å². The first-order valence-corrected chi connectivity index (χ1v) is 7.91. The molecule has 1 aromatic rings. The van der Waals surface area contributed by atoms with Crippen LogP contribution in [0, 0.1) is 12.3 Å². The zero-order valence-corrected chi connectivity index (χ0v) is 13.7. The standard InChI is InChI=1S/C16H26N2O4/c1-4-13-14(12(2)22-17-13)15(20)18-8-5-6-16(10-18,11-19)7-9-21-3/h19H,4-11H2,1-3H3/t16-/m1/s1. The minimum Gasteiger partial charge on any atom is -0.396 e. The van der Waals surface area contributed by atoms with E-state index in [1.54, 1.807) is 14.0 Å². The highest BCUT2D eigenvalue weighted by Gasteiger charge is 2.37. The van der Waals surface area contributed by atoms with Gasteiger partial charge in [-0.25, -0.2) is 0 Å². The molecule has 1 aromatic heterocycles. The second-order valence-corrected chi connectivity index (χ2v) is 6.15. The summed E-state index contributed by atoms with van der Waals surface area (Å²) >= 11 is 0. The molecule has 0 bridgehead atoms. The highest BCUT2D eigenvalue weighted by molar-refractivity contribution is 5.96. The van der Waals surface area contributed by atoms with Crippen molar-refractivity contribution in [2.45, 2.75) is 39.5 Å². The van der Waals surface area contributed by atoms with Crippen LogP contribution in [0.1, 0.15) is 48.0 Å². The number of ether oxygens (including phenoxy) is 1. The summed E-state index contributed by atoms with van der Waals surface area (Å²) in [5.41, 5.74) is 1.03. The summed E-state index contributed by atoms with van der Waals surface area (Å²) in [6, 6.07) is 0. The van der Waals surface area contributed by atoms with Gasteiger partial charge in [0, 0.05) is 32.2 Å². The lowest BCUT2D eigenvalue weighted by Gasteiger charge is -2.41. The Morgan fingerprint density at radius 2 is 2.32 bits per heavy atom. The van der Waals surface area contributed by atoms with E-state index in [-0.39, 0.29) is 17.9 Å². The smallest absolute Gasteiger partial charge is 0.259 e. The summed E-state index contributed by atoms with van der Waals surface area (Å²) in [5, 5.41) is 13.8. The number of aryl methyl sites for hydroxylation is 2. The van der Waals surface area contributed by atoms with Gasteiger partial charge in [-0.1, -0.05) is 12.1 Å². The lowest BCUT2D eigenvalue weighted by Crippen LogP contribution is -2.48. The molecule has 22 heavy (non-hydrogen) atoms. The van der Waals surface area contributed by atoms with Crippen LogP contribution in [-0.4, -0.2) is 54.5 Å². The number of nitrogens with zero attached hydrogens (tertiary/aromatic N) is 2. The Morgan fingerprint density at radius 1 is 1.55 bits per heavy atom. The predicted molar refractivity (Wildman–Crippen MR) is 81.8 cm³/mol. The summed E-state index contributed by atoms with van der Waals surface area (Å²) < 4.78 is 10.3. The number of carbonyl (C=O) groups excluding carboxylic acids is 1. The third kappa shape index (κ3) is 3.33. The first-order valence-electron chi connectivity index (χ1n) is 7.91. The molecule has 0 radical (unpaired) electrons. The molecule has 1 fully saturated rings. The molecule has 1 N–H and O–H groups in total. The van der Waals surface area contributed by atoms with E-state index in [4.69, 9.17) is 9.26 Å². The average molecular weight is 310 g/mol. The topological polar surface area (TPSA) is 75.8 Å². The number of rotatable bonds is 6. The Balaban J connectivity index is 2.17. The number of hydrogen-bond donors (Lipinski definition) is 1. The van der Waals surface area contributed by atoms with Crippen LogP contribution in [0.3, 0.4) is 0 Å². The van der Waals surface area contributed by atoms with Crippen molar-refractivity contribution in [2.75, 3.05) is 33.4 Å². The second kappa shape index (κ2) is 7.24. The maximum Gasteiger partial charge on any atom is 0.259 e. The maximum atomic E-state index is 12.9. The molecule has 1 atom stereocenters. The summed E-state index contributed by atoms with van der Waals surface area (Å²) in [6.07, 6.45) is 3.23. The third-order valence-electron chi connectivity index (χ3n) is 4.60. The quantitative estimate of drug-likeness (QED) is 0.867. The van der Waals surface area contributed by atoms with Crippen molar-refractivity contribution >= 4 is 5.91 Å². The van der Waals surface area contributed by atoms with Crippen molar-refractivity contribution in [3.05, 3.63) is 17.0 Å². The van der Waals surface area contributed by atoms with Crippen LogP contribution < -0.4 is 0 Å². The lowest BCUT2D eigenvalue weighted by atomic mass is 9.78. The molecule has 0 aromatic carbocycles. The fraction of sp³-hybridized carbons (Fsp3) is 0.750. The van der Waals surface area contributed by atoms with Crippen molar-refractivity contribution in [3.8, 4) is 0 Å². The minimum atomic E-state index is -0.263. The van der Waals surface area contributed by atoms with E-state index in [1.165, 1.54) is 0 Å². The van der Waals surface area contributed by atoms with Crippen molar-refractivity contribution < 1.29 is 19.2 Å². The van der Waals surface area contributed by atoms with E-state index < -0.39 is 0 Å². The van der Waals surface area contributed by atoms with Crippen molar-refractivity contribution in [1.29, 1.82) is 0 Å². The van der Waals surface area contributed by atoms with Gasteiger partial charge in [0.1, 0.15) is 11.3 Å². The number of aromatic nitrogens is 1. The average Bonchev–Trinajstić information content (AvgIpc) is 2.93. The van der Waals surface area contributed by atoms with Crippen LogP contribution in [0.2, 0.25) is 0 Å². The molecule has 2 rings (SSSR count). The zero-order valence-electron chi connectivity index (χ0n) is 13.7. The molecule has 0 aliphatic carbocycles. The van der Waals surface area contributed by atoms with Gasteiger partial charge in [-0.05, 0) is 32.6 Å². The number of aliphatic hydroxyl groups is 1. The molecule has 1 saturated heterocycles. The van der Waals surface area contributed by atoms with Crippen molar-refractivity contribution in [2.24, 2.45) is 5.41 Å². The van der Waals surface area contributed by atoms with Crippen LogP contribution in [0.5, 0.6) is 0 Å². The summed E-state index contributed by atoms with van der Waals surface area (Å²) in [5.74, 6) is 0.532. The molecule has 124 valence electrons. The van der Waals surface area contributed by atoms with E-state index in [2.05, 4.69) is 5.16 Å². The molecule has 6 heteroatoms. The van der Waals surface area contributed by atoms with E-state index >= 15 is 0 Å². The summed E-state index contributed by atoms with van der Waals surface area (Å²) in [7, 11) is 1.66. The Morgan fingerprint density at radius 3 is 2.95 bits per heavy atom. The van der Waals surface area contributed by atoms with Crippen LogP contribution >= 0.6 is 0 Å². The molecular formula is C16H26N2O4. The first-order chi connectivity index (χ1) is 10.6. The Hall–Kier alpha value is -1.40. The van der Waals surface area contributed by atoms with E-state index in [1.807, 2.05) is 11.8 Å². The van der Waals surface area contributed by atoms with Crippen LogP contribution in [-0.2, 0) is 11.2 Å². The van der Waals surface area contributed by atoms with Gasteiger partial charge in [0.05, 0.1) is 12.3 Å². The van der Waals surface area contributed by atoms with Gasteiger partial charge in [-0.3, -0.25) is 4.79 Å². The number of aliphatic hydroxyl groups excluding tert-OH is 1. The van der Waals surface area contributed by atoms with Gasteiger partial charge in [-0.15, -0.1) is 0 Å². The van der Waals surface area contributed by atoms with Gasteiger partial charge < -0.3 is 19.3 Å². The Kier molecular flexibility index (Phi) is 5.58. The van der Waals surface area contributed by atoms with Gasteiger partial charge in [0.2, 0.25) is 0 Å². The normalized spacial score (nSPS) is 22.1. The second-order valence-electron chi connectivity index (χ2n) is 6.15. The molecule has 0 unspecified atom stereocenters. The highest BCUT2D eigenvalue weighted by Crippen LogP contribution is 2.34. The largest absolute Gasteiger partial charge is 0.396 e. The first kappa shape index (κ1) is 17.0. The minimum absolute atomic E-state index is 0.0365. The van der Waals surface area contributed by atoms with Crippen molar-refractivity contribution in [3.63, 3.8) is 0 Å². The zero-order chi connectivity index (χ0) is 16.2. The number of hydrogen-bond acceptors (Lipinski definition) is 5. The molecule has 2 heterocycles. The molecular weight excluding hydrogens is 284 g/mol. The summed E-state index contributed by atoms with van der Waals surface area (Å²) in [6.45, 7) is 5.66. The highest BCUT2D eigenvalue weighted by atomic mass is 16.5. The van der Waals surface area contributed by atoms with E-state index in [9.17, 15) is 9.90 Å². The third-order valence-corrected chi connectivity index (χ3v) is 4.60. The SMILES string of the molecule is CCc1noc(C)c1C(=O)N1CCC[C@@](CO)(CCOC)C1. The van der Waals surface area contributed by atoms with Crippen LogP contribution in [0.15, 0.2) is 4.52 Å². The lowest BCUT2D eigenvalue weighted by molar-refractivity contribution is 0.00887. The number of amides is 1. The monoisotopic (exact) mass is 310 g/mol. The number of likely N-dealkylation sites (tertiary alicyclic amines) is 1. The van der Waals surface area contributed by atoms with Gasteiger partial charge in [0.15, 0.2) is 0 Å². The Bertz CT molecular complexity index is 514. The Labute approximate surface area is 131 Å².